The lowest BCUT2D eigenvalue weighted by molar-refractivity contribution is -0.167. The van der Waals surface area contributed by atoms with Gasteiger partial charge in [0.1, 0.15) is 29.5 Å². The minimum absolute atomic E-state index is 0.0209. The first-order valence-corrected chi connectivity index (χ1v) is 9.41. The Hall–Kier alpha value is -3.27. The summed E-state index contributed by atoms with van der Waals surface area (Å²) < 4.78 is 10.4. The average Bonchev–Trinajstić information content (AvgIpc) is 2.75. The molecule has 0 amide bonds. The number of carbonyl (C=O) groups excluding carboxylic acids is 3. The number of fused-ring (bicyclic) bond motifs is 3. The number of aliphatic hydroxyl groups excluding tert-OH is 1. The summed E-state index contributed by atoms with van der Waals surface area (Å²) in [6.07, 6.45) is -3.82. The number of aliphatic hydroxyl groups is 2. The third kappa shape index (κ3) is 2.57. The zero-order valence-electron chi connectivity index (χ0n) is 16.9. The molecule has 0 bridgehead atoms. The molecule has 0 fully saturated rings. The molecule has 2 aliphatic carbocycles. The molecule has 2 aliphatic rings. The molecule has 0 aromatic heterocycles. The monoisotopic (exact) mass is 428 g/mol. The molecule has 2 aromatic rings. The highest BCUT2D eigenvalue weighted by atomic mass is 16.5. The molecule has 0 radical (unpaired) electrons. The lowest BCUT2D eigenvalue weighted by Gasteiger charge is -2.41. The lowest BCUT2D eigenvalue weighted by Crippen LogP contribution is -2.56. The fourth-order valence-corrected chi connectivity index (χ4v) is 4.47. The molecule has 4 rings (SSSR count). The number of carbonyl (C=O) groups is 3. The maximum absolute atomic E-state index is 13.3. The molecular weight excluding hydrogens is 408 g/mol. The molecule has 31 heavy (non-hydrogen) atoms. The van der Waals surface area contributed by atoms with Gasteiger partial charge in [0, 0.05) is 30.2 Å². The van der Waals surface area contributed by atoms with Gasteiger partial charge in [0.05, 0.1) is 23.8 Å². The standard InChI is InChI=1S/C22H20O9/c1-8(23)22(29)7-10-13(20(31-3)21(22)28)19(27)15-14(17(10)25)16(24)9-5-4-6-11(30-2)12(9)18(15)26/h4-6,20-21,25,27-29H,7H2,1-3H3/t20-,21+,22-/m1/s1. The Kier molecular flexibility index (Phi) is 4.65. The van der Waals surface area contributed by atoms with Gasteiger partial charge >= 0.3 is 0 Å². The van der Waals surface area contributed by atoms with Gasteiger partial charge in [0.2, 0.25) is 5.78 Å². The Balaban J connectivity index is 2.07. The predicted molar refractivity (Wildman–Crippen MR) is 105 cm³/mol. The van der Waals surface area contributed by atoms with E-state index in [9.17, 15) is 34.8 Å². The minimum Gasteiger partial charge on any atom is -0.507 e. The number of rotatable bonds is 3. The maximum Gasteiger partial charge on any atom is 0.202 e. The van der Waals surface area contributed by atoms with Crippen LogP contribution in [0.25, 0.3) is 0 Å². The molecule has 4 N–H and O–H groups in total. The molecule has 9 heteroatoms. The second-order valence-corrected chi connectivity index (χ2v) is 7.64. The molecule has 0 saturated heterocycles. The summed E-state index contributed by atoms with van der Waals surface area (Å²) in [7, 11) is 2.50. The third-order valence-corrected chi connectivity index (χ3v) is 6.13. The van der Waals surface area contributed by atoms with Crippen molar-refractivity contribution in [3.05, 3.63) is 51.6 Å². The summed E-state index contributed by atoms with van der Waals surface area (Å²) in [6.45, 7) is 1.06. The van der Waals surface area contributed by atoms with Crippen LogP contribution in [-0.2, 0) is 16.0 Å². The normalized spacial score (nSPS) is 24.3. The number of Topliss-reactive ketones (excluding diaryl/α,β-unsaturated/α-hetero) is 1. The highest BCUT2D eigenvalue weighted by Crippen LogP contribution is 2.51. The Labute approximate surface area is 176 Å². The van der Waals surface area contributed by atoms with Crippen LogP contribution < -0.4 is 4.74 Å². The summed E-state index contributed by atoms with van der Waals surface area (Å²) in [6, 6.07) is 4.39. The van der Waals surface area contributed by atoms with Crippen LogP contribution in [0.3, 0.4) is 0 Å². The van der Waals surface area contributed by atoms with E-state index < -0.39 is 64.2 Å². The maximum atomic E-state index is 13.3. The van der Waals surface area contributed by atoms with E-state index in [1.165, 1.54) is 32.4 Å². The number of aromatic hydroxyl groups is 2. The number of hydrogen-bond donors (Lipinski definition) is 4. The molecule has 2 aromatic carbocycles. The van der Waals surface area contributed by atoms with Crippen LogP contribution >= 0.6 is 0 Å². The zero-order chi connectivity index (χ0) is 22.8. The molecule has 9 nitrogen and oxygen atoms in total. The quantitative estimate of drug-likeness (QED) is 0.444. The summed E-state index contributed by atoms with van der Waals surface area (Å²) in [5.74, 6) is -3.49. The number of methoxy groups -OCH3 is 2. The van der Waals surface area contributed by atoms with Gasteiger partial charge in [-0.2, -0.15) is 0 Å². The van der Waals surface area contributed by atoms with Gasteiger partial charge in [-0.1, -0.05) is 12.1 Å². The number of ether oxygens (including phenoxy) is 2. The van der Waals surface area contributed by atoms with E-state index >= 15 is 0 Å². The number of hydrogen-bond acceptors (Lipinski definition) is 9. The largest absolute Gasteiger partial charge is 0.507 e. The van der Waals surface area contributed by atoms with Crippen molar-refractivity contribution in [2.24, 2.45) is 0 Å². The number of ketones is 3. The van der Waals surface area contributed by atoms with Gasteiger partial charge in [-0.15, -0.1) is 0 Å². The first-order chi connectivity index (χ1) is 14.6. The van der Waals surface area contributed by atoms with Crippen LogP contribution in [-0.4, -0.2) is 63.7 Å². The molecule has 0 spiro atoms. The second-order valence-electron chi connectivity index (χ2n) is 7.64. The van der Waals surface area contributed by atoms with E-state index in [-0.39, 0.29) is 28.0 Å². The van der Waals surface area contributed by atoms with Gasteiger partial charge in [-0.25, -0.2) is 0 Å². The first kappa shape index (κ1) is 21.0. The van der Waals surface area contributed by atoms with Crippen LogP contribution in [0.1, 0.15) is 56.0 Å². The fraction of sp³-hybridized carbons (Fsp3) is 0.318. The Morgan fingerprint density at radius 2 is 1.71 bits per heavy atom. The summed E-state index contributed by atoms with van der Waals surface area (Å²) in [4.78, 5) is 38.6. The predicted octanol–water partition coefficient (Wildman–Crippen LogP) is 0.806. The van der Waals surface area contributed by atoms with E-state index in [2.05, 4.69) is 0 Å². The van der Waals surface area contributed by atoms with E-state index in [1.807, 2.05) is 0 Å². The Morgan fingerprint density at radius 3 is 2.29 bits per heavy atom. The van der Waals surface area contributed by atoms with Crippen molar-refractivity contribution >= 4 is 17.3 Å². The smallest absolute Gasteiger partial charge is 0.202 e. The van der Waals surface area contributed by atoms with Crippen molar-refractivity contribution in [2.75, 3.05) is 14.2 Å². The van der Waals surface area contributed by atoms with Crippen LogP contribution in [0.15, 0.2) is 18.2 Å². The van der Waals surface area contributed by atoms with Crippen LogP contribution in [0.4, 0.5) is 0 Å². The molecule has 0 unspecified atom stereocenters. The van der Waals surface area contributed by atoms with Crippen LogP contribution in [0, 0.1) is 0 Å². The molecule has 0 aliphatic heterocycles. The van der Waals surface area contributed by atoms with Crippen LogP contribution in [0.5, 0.6) is 17.2 Å². The van der Waals surface area contributed by atoms with E-state index in [0.29, 0.717) is 0 Å². The lowest BCUT2D eigenvalue weighted by atomic mass is 9.70. The van der Waals surface area contributed by atoms with Crippen molar-refractivity contribution in [1.29, 1.82) is 0 Å². The van der Waals surface area contributed by atoms with Gasteiger partial charge < -0.3 is 29.9 Å². The molecule has 162 valence electrons. The number of phenols is 2. The minimum atomic E-state index is -2.32. The van der Waals surface area contributed by atoms with E-state index in [1.54, 1.807) is 0 Å². The Bertz CT molecular complexity index is 1170. The second kappa shape index (κ2) is 6.88. The topological polar surface area (TPSA) is 151 Å². The summed E-state index contributed by atoms with van der Waals surface area (Å²) >= 11 is 0. The van der Waals surface area contributed by atoms with Gasteiger partial charge in [0.25, 0.3) is 0 Å². The zero-order valence-corrected chi connectivity index (χ0v) is 16.9. The molecular formula is C22H20O9. The van der Waals surface area contributed by atoms with E-state index in [0.717, 1.165) is 6.92 Å². The Morgan fingerprint density at radius 1 is 1.06 bits per heavy atom. The summed E-state index contributed by atoms with van der Waals surface area (Å²) in [5, 5.41) is 43.4. The van der Waals surface area contributed by atoms with Crippen molar-refractivity contribution in [3.8, 4) is 17.2 Å². The molecule has 0 saturated carbocycles. The highest BCUT2D eigenvalue weighted by Gasteiger charge is 2.53. The number of phenolic OH excluding ortho intramolecular Hbond substituents is 2. The molecule has 0 heterocycles. The van der Waals surface area contributed by atoms with Crippen molar-refractivity contribution in [1.82, 2.24) is 0 Å². The van der Waals surface area contributed by atoms with Crippen LogP contribution in [0.2, 0.25) is 0 Å². The fourth-order valence-electron chi connectivity index (χ4n) is 4.47. The molecule has 3 atom stereocenters. The average molecular weight is 428 g/mol. The summed E-state index contributed by atoms with van der Waals surface area (Å²) in [5.41, 5.74) is -3.64. The van der Waals surface area contributed by atoms with Gasteiger partial charge in [-0.3, -0.25) is 14.4 Å². The number of benzene rings is 2. The van der Waals surface area contributed by atoms with E-state index in [4.69, 9.17) is 9.47 Å². The van der Waals surface area contributed by atoms with Crippen molar-refractivity contribution < 1.29 is 44.3 Å². The third-order valence-electron chi connectivity index (χ3n) is 6.13. The van der Waals surface area contributed by atoms with Gasteiger partial charge in [0.15, 0.2) is 17.2 Å². The van der Waals surface area contributed by atoms with Crippen molar-refractivity contribution in [2.45, 2.75) is 31.2 Å². The highest BCUT2D eigenvalue weighted by molar-refractivity contribution is 6.31. The van der Waals surface area contributed by atoms with Crippen molar-refractivity contribution in [3.63, 3.8) is 0 Å². The first-order valence-electron chi connectivity index (χ1n) is 9.41. The van der Waals surface area contributed by atoms with Gasteiger partial charge in [-0.05, 0) is 13.0 Å². The SMILES string of the molecule is COc1cccc2c1C(=O)c1c(O)c3c(c(O)c1C2=O)C[C@@](O)(C(C)=O)[C@@H](O)[C@@H]3OC.